The van der Waals surface area contributed by atoms with Gasteiger partial charge in [-0.1, -0.05) is 27.7 Å². The number of rotatable bonds is 16. The highest BCUT2D eigenvalue weighted by molar-refractivity contribution is 6.90. The monoisotopic (exact) mass is 360 g/mol. The molecule has 0 saturated carbocycles. The van der Waals surface area contributed by atoms with Crippen molar-refractivity contribution < 1.29 is 17.7 Å². The Balaban J connectivity index is 5.33. The molecule has 0 spiro atoms. The molecule has 0 aliphatic rings. The Hall–Kier alpha value is -0.246. The summed E-state index contributed by atoms with van der Waals surface area (Å²) in [5.74, 6) is 0. The zero-order valence-electron chi connectivity index (χ0n) is 15.6. The van der Waals surface area contributed by atoms with Gasteiger partial charge in [0.05, 0.1) is 0 Å². The summed E-state index contributed by atoms with van der Waals surface area (Å²) in [7, 11) is -5.13. The van der Waals surface area contributed by atoms with Crippen LogP contribution >= 0.6 is 0 Å². The highest BCUT2D eigenvalue weighted by atomic mass is 28.4. The molecule has 0 radical (unpaired) electrons. The summed E-state index contributed by atoms with van der Waals surface area (Å²) in [6.45, 7) is 19.1. The first-order valence-electron chi connectivity index (χ1n) is 8.90. The fraction of sp³-hybridized carbons (Fsp3) is 0.765. The van der Waals surface area contributed by atoms with Crippen molar-refractivity contribution in [3.63, 3.8) is 0 Å². The predicted molar refractivity (Wildman–Crippen MR) is 102 cm³/mol. The van der Waals surface area contributed by atoms with Crippen LogP contribution < -0.4 is 0 Å². The molecule has 0 heterocycles. The van der Waals surface area contributed by atoms with Gasteiger partial charge in [-0.05, 0) is 37.1 Å². The van der Waals surface area contributed by atoms with Gasteiger partial charge in [0.15, 0.2) is 0 Å². The molecular weight excluding hydrogens is 324 g/mol. The largest absolute Gasteiger partial charge is 0.391 e. The van der Waals surface area contributed by atoms with Crippen LogP contribution in [0, 0.1) is 0 Å². The van der Waals surface area contributed by atoms with Gasteiger partial charge in [0.1, 0.15) is 0 Å². The van der Waals surface area contributed by atoms with Crippen LogP contribution in [0.5, 0.6) is 0 Å². The molecule has 0 rings (SSSR count). The molecule has 0 aromatic heterocycles. The third-order valence-electron chi connectivity index (χ3n) is 3.32. The first-order chi connectivity index (χ1) is 11.1. The molecule has 0 aromatic carbocycles. The Morgan fingerprint density at radius 3 is 1.04 bits per heavy atom. The van der Waals surface area contributed by atoms with Crippen LogP contribution in [0.4, 0.5) is 0 Å². The lowest BCUT2D eigenvalue weighted by Gasteiger charge is -2.35. The second-order valence-corrected chi connectivity index (χ2v) is 12.2. The van der Waals surface area contributed by atoms with Crippen molar-refractivity contribution in [3.8, 4) is 0 Å². The quantitative estimate of drug-likeness (QED) is 0.378. The summed E-state index contributed by atoms with van der Waals surface area (Å²) in [6, 6.07) is 0. The molecule has 0 bridgehead atoms. The molecule has 0 N–H and O–H groups in total. The third kappa shape index (κ3) is 8.42. The fourth-order valence-electron chi connectivity index (χ4n) is 2.11. The standard InChI is InChI=1S/C17H36O4Si2/c1-7-13-18-22(11-5,19-14-8-2)17-23(12-6,20-15-9-3)21-16-10-4/h11-12H,5-10,13-17H2,1-4H3. The van der Waals surface area contributed by atoms with E-state index in [0.717, 1.165) is 25.7 Å². The van der Waals surface area contributed by atoms with E-state index < -0.39 is 17.1 Å². The number of hydrogen-bond donors (Lipinski definition) is 0. The smallest absolute Gasteiger partial charge is 0.366 e. The van der Waals surface area contributed by atoms with E-state index in [0.29, 0.717) is 32.1 Å². The Morgan fingerprint density at radius 1 is 0.609 bits per heavy atom. The summed E-state index contributed by atoms with van der Waals surface area (Å²) in [4.78, 5) is 0. The minimum absolute atomic E-state index is 0.660. The molecule has 0 fully saturated rings. The molecule has 0 atom stereocenters. The van der Waals surface area contributed by atoms with Crippen molar-refractivity contribution in [1.29, 1.82) is 0 Å². The molecule has 23 heavy (non-hydrogen) atoms. The average Bonchev–Trinajstić information content (AvgIpc) is 2.60. The van der Waals surface area contributed by atoms with Crippen LogP contribution in [0.25, 0.3) is 0 Å². The molecule has 0 aromatic rings. The minimum Gasteiger partial charge on any atom is -0.391 e. The molecular formula is C17H36O4Si2. The van der Waals surface area contributed by atoms with Crippen molar-refractivity contribution in [2.45, 2.75) is 59.0 Å². The first-order valence-corrected chi connectivity index (χ1v) is 13.1. The van der Waals surface area contributed by atoms with E-state index in [9.17, 15) is 0 Å². The molecule has 6 heteroatoms. The van der Waals surface area contributed by atoms with E-state index >= 15 is 0 Å². The highest BCUT2D eigenvalue weighted by Gasteiger charge is 2.48. The zero-order valence-corrected chi connectivity index (χ0v) is 17.6. The first kappa shape index (κ1) is 22.8. The lowest BCUT2D eigenvalue weighted by molar-refractivity contribution is 0.159. The molecule has 4 nitrogen and oxygen atoms in total. The van der Waals surface area contributed by atoms with Crippen LogP contribution in [0.2, 0.25) is 5.67 Å². The average molecular weight is 361 g/mol. The van der Waals surface area contributed by atoms with E-state index in [1.165, 1.54) is 0 Å². The maximum Gasteiger partial charge on any atom is 0.366 e. The van der Waals surface area contributed by atoms with Gasteiger partial charge in [0, 0.05) is 32.1 Å². The molecule has 0 aliphatic carbocycles. The lowest BCUT2D eigenvalue weighted by atomic mass is 10.5. The van der Waals surface area contributed by atoms with Crippen LogP contribution in [0.3, 0.4) is 0 Å². The van der Waals surface area contributed by atoms with E-state index in [1.54, 1.807) is 0 Å². The fourth-order valence-corrected chi connectivity index (χ4v) is 10.5. The van der Waals surface area contributed by atoms with Crippen LogP contribution in [0.15, 0.2) is 24.6 Å². The summed E-state index contributed by atoms with van der Waals surface area (Å²) in [5, 5.41) is 0. The topological polar surface area (TPSA) is 36.9 Å². The van der Waals surface area contributed by atoms with Crippen molar-refractivity contribution in [3.05, 3.63) is 24.6 Å². The summed E-state index contributed by atoms with van der Waals surface area (Å²) in [6.07, 6.45) is 3.80. The van der Waals surface area contributed by atoms with E-state index in [1.807, 2.05) is 11.4 Å². The normalized spacial score (nSPS) is 12.3. The zero-order chi connectivity index (χ0) is 17.6. The van der Waals surface area contributed by atoms with Gasteiger partial charge in [-0.3, -0.25) is 0 Å². The van der Waals surface area contributed by atoms with Gasteiger partial charge in [-0.2, -0.15) is 0 Å². The van der Waals surface area contributed by atoms with Crippen molar-refractivity contribution in [2.75, 3.05) is 26.4 Å². The Bertz CT molecular complexity index is 278. The second-order valence-electron chi connectivity index (χ2n) is 5.60. The molecule has 136 valence electrons. The molecule has 0 saturated heterocycles. The lowest BCUT2D eigenvalue weighted by Crippen LogP contribution is -2.54. The van der Waals surface area contributed by atoms with Crippen molar-refractivity contribution in [1.82, 2.24) is 0 Å². The molecule has 0 amide bonds. The number of hydrogen-bond acceptors (Lipinski definition) is 4. The van der Waals surface area contributed by atoms with E-state index in [2.05, 4.69) is 40.9 Å². The maximum atomic E-state index is 6.17. The minimum atomic E-state index is -2.56. The Labute approximate surface area is 145 Å². The molecule has 0 unspecified atom stereocenters. The predicted octanol–water partition coefficient (Wildman–Crippen LogP) is 4.57. The Kier molecular flexibility index (Phi) is 13.0. The second kappa shape index (κ2) is 13.1. The van der Waals surface area contributed by atoms with Gasteiger partial charge in [0.2, 0.25) is 0 Å². The van der Waals surface area contributed by atoms with Gasteiger partial charge in [-0.15, -0.1) is 13.2 Å². The van der Waals surface area contributed by atoms with Gasteiger partial charge in [-0.25, -0.2) is 0 Å². The maximum absolute atomic E-state index is 6.17. The van der Waals surface area contributed by atoms with E-state index in [-0.39, 0.29) is 0 Å². The van der Waals surface area contributed by atoms with Crippen molar-refractivity contribution in [2.24, 2.45) is 0 Å². The van der Waals surface area contributed by atoms with Crippen LogP contribution in [0.1, 0.15) is 53.4 Å². The summed E-state index contributed by atoms with van der Waals surface area (Å²) < 4.78 is 24.7. The van der Waals surface area contributed by atoms with E-state index in [4.69, 9.17) is 17.7 Å². The Morgan fingerprint density at radius 2 is 0.870 bits per heavy atom. The van der Waals surface area contributed by atoms with Gasteiger partial charge in [0.25, 0.3) is 0 Å². The SMILES string of the molecule is C=C[Si](C[Si](C=C)(OCCC)OCCC)(OCCC)OCCC. The van der Waals surface area contributed by atoms with Gasteiger partial charge >= 0.3 is 17.1 Å². The summed E-state index contributed by atoms with van der Waals surface area (Å²) >= 11 is 0. The van der Waals surface area contributed by atoms with Crippen molar-refractivity contribution >= 4 is 17.1 Å². The van der Waals surface area contributed by atoms with Crippen LogP contribution in [-0.4, -0.2) is 43.5 Å². The highest BCUT2D eigenvalue weighted by Crippen LogP contribution is 2.27. The summed E-state index contributed by atoms with van der Waals surface area (Å²) in [5.41, 5.74) is 4.43. The van der Waals surface area contributed by atoms with Crippen LogP contribution in [-0.2, 0) is 17.7 Å². The van der Waals surface area contributed by atoms with Gasteiger partial charge < -0.3 is 17.7 Å². The third-order valence-corrected chi connectivity index (χ3v) is 11.3. The molecule has 0 aliphatic heterocycles.